The maximum absolute atomic E-state index is 13.3. The molecule has 2 N–H and O–H groups in total. The number of hydrogen-bond donors (Lipinski definition) is 2. The Morgan fingerprint density at radius 3 is 2.40 bits per heavy atom. The minimum atomic E-state index is -0.974. The van der Waals surface area contributed by atoms with Gasteiger partial charge in [-0.15, -0.1) is 0 Å². The third-order valence-electron chi connectivity index (χ3n) is 3.29. The van der Waals surface area contributed by atoms with E-state index in [0.717, 1.165) is 12.1 Å². The van der Waals surface area contributed by atoms with Gasteiger partial charge in [0.2, 0.25) is 0 Å². The number of hydrogen-bond acceptors (Lipinski definition) is 4. The fourth-order valence-corrected chi connectivity index (χ4v) is 2.19. The first-order valence-electron chi connectivity index (χ1n) is 7.45. The second-order valence-corrected chi connectivity index (χ2v) is 5.26. The second-order valence-electron chi connectivity index (χ2n) is 5.26. The van der Waals surface area contributed by atoms with Gasteiger partial charge >= 0.3 is 0 Å². The summed E-state index contributed by atoms with van der Waals surface area (Å²) in [7, 11) is 0. The van der Waals surface area contributed by atoms with Gasteiger partial charge in [-0.2, -0.15) is 0 Å². The summed E-state index contributed by atoms with van der Waals surface area (Å²) >= 11 is 0. The van der Waals surface area contributed by atoms with Crippen molar-refractivity contribution in [3.05, 3.63) is 77.8 Å². The van der Waals surface area contributed by atoms with Crippen LogP contribution in [0.1, 0.15) is 16.3 Å². The predicted molar refractivity (Wildman–Crippen MR) is 90.8 cm³/mol. The smallest absolute Gasteiger partial charge is 0.274 e. The lowest BCUT2D eigenvalue weighted by Gasteiger charge is -2.09. The molecule has 25 heavy (non-hydrogen) atoms. The normalized spacial score (nSPS) is 10.4. The molecule has 1 aromatic heterocycles. The number of carbonyl (C=O) groups is 1. The van der Waals surface area contributed by atoms with Crippen LogP contribution in [0.25, 0.3) is 0 Å². The number of carbonyl (C=O) groups excluding carboxylic acids is 1. The molecule has 5 nitrogen and oxygen atoms in total. The minimum Gasteiger partial charge on any atom is -0.340 e. The minimum absolute atomic E-state index is 0.154. The molecule has 7 heteroatoms. The Morgan fingerprint density at radius 2 is 1.68 bits per heavy atom. The molecule has 0 aliphatic heterocycles. The molecule has 0 bridgehead atoms. The number of rotatable bonds is 4. The molecule has 0 atom stereocenters. The van der Waals surface area contributed by atoms with Crippen LogP contribution in [0.4, 0.5) is 26.0 Å². The van der Waals surface area contributed by atoms with E-state index in [-0.39, 0.29) is 5.69 Å². The third-order valence-corrected chi connectivity index (χ3v) is 3.29. The van der Waals surface area contributed by atoms with Crippen molar-refractivity contribution in [3.8, 4) is 0 Å². The molecular formula is C18H14F2N4O. The third kappa shape index (κ3) is 4.14. The van der Waals surface area contributed by atoms with Crippen molar-refractivity contribution in [2.24, 2.45) is 0 Å². The number of aromatic nitrogens is 2. The van der Waals surface area contributed by atoms with E-state index >= 15 is 0 Å². The molecule has 0 unspecified atom stereocenters. The highest BCUT2D eigenvalue weighted by atomic mass is 19.2. The van der Waals surface area contributed by atoms with Crippen molar-refractivity contribution in [3.63, 3.8) is 0 Å². The van der Waals surface area contributed by atoms with E-state index in [4.69, 9.17) is 0 Å². The lowest BCUT2D eigenvalue weighted by Crippen LogP contribution is -2.15. The Balaban J connectivity index is 1.82. The highest BCUT2D eigenvalue weighted by Gasteiger charge is 2.11. The molecule has 0 aliphatic rings. The summed E-state index contributed by atoms with van der Waals surface area (Å²) in [5.74, 6) is -1.64. The van der Waals surface area contributed by atoms with E-state index in [1.165, 1.54) is 12.1 Å². The van der Waals surface area contributed by atoms with E-state index in [1.807, 2.05) is 6.07 Å². The number of amides is 1. The quantitative estimate of drug-likeness (QED) is 0.752. The first-order chi connectivity index (χ1) is 12.0. The molecule has 1 amide bonds. The lowest BCUT2D eigenvalue weighted by molar-refractivity contribution is 0.102. The van der Waals surface area contributed by atoms with Gasteiger partial charge in [-0.05, 0) is 31.2 Å². The molecule has 0 saturated carbocycles. The van der Waals surface area contributed by atoms with Crippen LogP contribution in [0.5, 0.6) is 0 Å². The van der Waals surface area contributed by atoms with Crippen molar-refractivity contribution in [1.82, 2.24) is 9.97 Å². The van der Waals surface area contributed by atoms with Gasteiger partial charge in [-0.25, -0.2) is 18.7 Å². The zero-order valence-corrected chi connectivity index (χ0v) is 13.3. The molecule has 1 heterocycles. The van der Waals surface area contributed by atoms with Gasteiger partial charge in [0.1, 0.15) is 17.3 Å². The van der Waals surface area contributed by atoms with Crippen LogP contribution in [0.15, 0.2) is 54.6 Å². The lowest BCUT2D eigenvalue weighted by atomic mass is 10.2. The van der Waals surface area contributed by atoms with Crippen molar-refractivity contribution in [1.29, 1.82) is 0 Å². The van der Waals surface area contributed by atoms with E-state index in [0.29, 0.717) is 23.0 Å². The first kappa shape index (κ1) is 16.5. The highest BCUT2D eigenvalue weighted by Crippen LogP contribution is 2.18. The van der Waals surface area contributed by atoms with Gasteiger partial charge in [-0.1, -0.05) is 18.2 Å². The van der Waals surface area contributed by atoms with Crippen LogP contribution in [-0.4, -0.2) is 15.9 Å². The summed E-state index contributed by atoms with van der Waals surface area (Å²) in [6, 6.07) is 13.8. The zero-order chi connectivity index (χ0) is 17.8. The summed E-state index contributed by atoms with van der Waals surface area (Å²) < 4.78 is 26.3. The van der Waals surface area contributed by atoms with Gasteiger partial charge in [0.05, 0.1) is 0 Å². The van der Waals surface area contributed by atoms with Crippen LogP contribution < -0.4 is 10.6 Å². The molecular weight excluding hydrogens is 326 g/mol. The van der Waals surface area contributed by atoms with Crippen molar-refractivity contribution in [2.75, 3.05) is 10.6 Å². The second kappa shape index (κ2) is 7.04. The monoisotopic (exact) mass is 340 g/mol. The van der Waals surface area contributed by atoms with Crippen LogP contribution in [0.3, 0.4) is 0 Å². The molecule has 3 aromatic rings. The first-order valence-corrected chi connectivity index (χ1v) is 7.45. The molecule has 0 fully saturated rings. The topological polar surface area (TPSA) is 66.9 Å². The molecule has 126 valence electrons. The molecule has 0 saturated heterocycles. The zero-order valence-electron chi connectivity index (χ0n) is 13.3. The van der Waals surface area contributed by atoms with Crippen LogP contribution in [0, 0.1) is 18.6 Å². The largest absolute Gasteiger partial charge is 0.340 e. The Kier molecular flexibility index (Phi) is 4.65. The Hall–Kier alpha value is -3.35. The number of nitrogens with zero attached hydrogens (tertiary/aromatic N) is 2. The van der Waals surface area contributed by atoms with Crippen molar-refractivity contribution >= 4 is 23.1 Å². The number of aryl methyl sites for hydroxylation is 1. The number of anilines is 3. The average molecular weight is 340 g/mol. The van der Waals surface area contributed by atoms with E-state index in [1.54, 1.807) is 31.2 Å². The van der Waals surface area contributed by atoms with Crippen LogP contribution in [0.2, 0.25) is 0 Å². The summed E-state index contributed by atoms with van der Waals surface area (Å²) in [6.07, 6.45) is 0. The molecule has 2 aromatic carbocycles. The van der Waals surface area contributed by atoms with E-state index < -0.39 is 17.5 Å². The van der Waals surface area contributed by atoms with Gasteiger partial charge < -0.3 is 10.6 Å². The summed E-state index contributed by atoms with van der Waals surface area (Å²) in [6.45, 7) is 1.63. The number of halogens is 2. The Morgan fingerprint density at radius 1 is 0.920 bits per heavy atom. The maximum Gasteiger partial charge on any atom is 0.274 e. The van der Waals surface area contributed by atoms with Crippen LogP contribution in [-0.2, 0) is 0 Å². The Bertz CT molecular complexity index is 916. The molecule has 0 radical (unpaired) electrons. The van der Waals surface area contributed by atoms with Gasteiger partial charge in [0.15, 0.2) is 11.6 Å². The number of para-hydroxylation sites is 1. The van der Waals surface area contributed by atoms with Gasteiger partial charge in [0, 0.05) is 23.5 Å². The standard InChI is InChI=1S/C18H14F2N4O/c1-11-21-16(18(25)24-12-5-3-2-4-6-12)10-17(22-11)23-13-7-8-14(19)15(20)9-13/h2-10H,1H3,(H,24,25)(H,21,22,23). The number of nitrogens with one attached hydrogen (secondary N) is 2. The summed E-state index contributed by atoms with van der Waals surface area (Å²) in [5, 5.41) is 5.56. The van der Waals surface area contributed by atoms with Crippen LogP contribution >= 0.6 is 0 Å². The fraction of sp³-hybridized carbons (Fsp3) is 0.0556. The van der Waals surface area contributed by atoms with Gasteiger partial charge in [-0.3, -0.25) is 4.79 Å². The number of benzene rings is 2. The highest BCUT2D eigenvalue weighted by molar-refractivity contribution is 6.03. The van der Waals surface area contributed by atoms with E-state index in [2.05, 4.69) is 20.6 Å². The summed E-state index contributed by atoms with van der Waals surface area (Å²) in [4.78, 5) is 20.6. The molecule has 0 spiro atoms. The van der Waals surface area contributed by atoms with Gasteiger partial charge in [0.25, 0.3) is 5.91 Å². The fourth-order valence-electron chi connectivity index (χ4n) is 2.19. The summed E-state index contributed by atoms with van der Waals surface area (Å²) in [5.41, 5.74) is 1.10. The molecule has 0 aliphatic carbocycles. The SMILES string of the molecule is Cc1nc(Nc2ccc(F)c(F)c2)cc(C(=O)Nc2ccccc2)n1. The maximum atomic E-state index is 13.3. The van der Waals surface area contributed by atoms with Crippen molar-refractivity contribution in [2.45, 2.75) is 6.92 Å². The molecule has 3 rings (SSSR count). The predicted octanol–water partition coefficient (Wildman–Crippen LogP) is 4.06. The van der Waals surface area contributed by atoms with Crippen molar-refractivity contribution < 1.29 is 13.6 Å². The van der Waals surface area contributed by atoms with E-state index in [9.17, 15) is 13.6 Å². The Labute approximate surface area is 142 Å². The average Bonchev–Trinajstić information content (AvgIpc) is 2.58.